The van der Waals surface area contributed by atoms with E-state index in [-0.39, 0.29) is 17.9 Å². The zero-order valence-electron chi connectivity index (χ0n) is 14.7. The van der Waals surface area contributed by atoms with E-state index in [0.717, 1.165) is 48.2 Å². The molecular formula is C21H26N2O2. The van der Waals surface area contributed by atoms with Crippen LogP contribution in [0.5, 0.6) is 5.75 Å². The number of amides is 1. The molecular weight excluding hydrogens is 312 g/mol. The molecule has 3 rings (SSSR count). The van der Waals surface area contributed by atoms with Gasteiger partial charge in [-0.25, -0.2) is 0 Å². The molecule has 4 nitrogen and oxygen atoms in total. The third-order valence-corrected chi connectivity index (χ3v) is 4.93. The molecule has 2 atom stereocenters. The first-order chi connectivity index (χ1) is 12.1. The van der Waals surface area contributed by atoms with Gasteiger partial charge in [-0.05, 0) is 55.5 Å². The first-order valence-corrected chi connectivity index (χ1v) is 8.96. The second kappa shape index (κ2) is 8.17. The summed E-state index contributed by atoms with van der Waals surface area (Å²) in [4.78, 5) is 12.6. The van der Waals surface area contributed by atoms with Crippen molar-refractivity contribution < 1.29 is 9.53 Å². The Morgan fingerprint density at radius 1 is 1.16 bits per heavy atom. The Bertz CT molecular complexity index is 715. The molecule has 4 heteroatoms. The number of nitrogens with two attached hydrogens (primary N) is 1. The van der Waals surface area contributed by atoms with Gasteiger partial charge < -0.3 is 15.8 Å². The van der Waals surface area contributed by atoms with E-state index in [1.54, 1.807) is 0 Å². The predicted octanol–water partition coefficient (Wildman–Crippen LogP) is 4.03. The molecule has 0 aromatic heterocycles. The summed E-state index contributed by atoms with van der Waals surface area (Å²) in [6, 6.07) is 15.8. The lowest BCUT2D eigenvalue weighted by molar-refractivity contribution is -0.120. The predicted molar refractivity (Wildman–Crippen MR) is 101 cm³/mol. The van der Waals surface area contributed by atoms with Gasteiger partial charge in [0.1, 0.15) is 12.4 Å². The van der Waals surface area contributed by atoms with Gasteiger partial charge in [0, 0.05) is 17.6 Å². The highest BCUT2D eigenvalue weighted by Gasteiger charge is 2.25. The van der Waals surface area contributed by atoms with E-state index in [1.165, 1.54) is 0 Å². The van der Waals surface area contributed by atoms with Crippen molar-refractivity contribution >= 4 is 11.6 Å². The van der Waals surface area contributed by atoms with Crippen molar-refractivity contribution in [3.05, 3.63) is 59.7 Å². The van der Waals surface area contributed by atoms with Gasteiger partial charge in [-0.1, -0.05) is 36.8 Å². The topological polar surface area (TPSA) is 64.3 Å². The molecule has 1 aliphatic carbocycles. The quantitative estimate of drug-likeness (QED) is 0.865. The van der Waals surface area contributed by atoms with Crippen molar-refractivity contribution in [3.63, 3.8) is 0 Å². The largest absolute Gasteiger partial charge is 0.489 e. The number of carbonyl (C=O) groups is 1. The number of ether oxygens (including phenoxy) is 1. The lowest BCUT2D eigenvalue weighted by Crippen LogP contribution is -2.34. The maximum atomic E-state index is 12.6. The SMILES string of the molecule is Cc1c(COc2ccccc2)cccc1NC(=O)C1CCCC(N)C1. The molecule has 0 radical (unpaired) electrons. The van der Waals surface area contributed by atoms with Crippen molar-refractivity contribution in [2.24, 2.45) is 11.7 Å². The monoisotopic (exact) mass is 338 g/mol. The normalized spacial score (nSPS) is 20.1. The average Bonchev–Trinajstić information content (AvgIpc) is 2.63. The van der Waals surface area contributed by atoms with Crippen LogP contribution in [0.1, 0.15) is 36.8 Å². The molecule has 0 saturated heterocycles. The van der Waals surface area contributed by atoms with Gasteiger partial charge in [0.05, 0.1) is 0 Å². The molecule has 3 N–H and O–H groups in total. The fourth-order valence-corrected chi connectivity index (χ4v) is 3.35. The Kier molecular flexibility index (Phi) is 5.71. The van der Waals surface area contributed by atoms with Gasteiger partial charge in [0.15, 0.2) is 0 Å². The number of benzene rings is 2. The van der Waals surface area contributed by atoms with Crippen LogP contribution in [-0.2, 0) is 11.4 Å². The molecule has 2 aromatic carbocycles. The molecule has 1 saturated carbocycles. The fraction of sp³-hybridized carbons (Fsp3) is 0.381. The van der Waals surface area contributed by atoms with E-state index < -0.39 is 0 Å². The van der Waals surface area contributed by atoms with Crippen LogP contribution in [0.4, 0.5) is 5.69 Å². The van der Waals surface area contributed by atoms with E-state index in [2.05, 4.69) is 5.32 Å². The lowest BCUT2D eigenvalue weighted by Gasteiger charge is -2.26. The summed E-state index contributed by atoms with van der Waals surface area (Å²) in [6.07, 6.45) is 3.76. The molecule has 0 aliphatic heterocycles. The minimum atomic E-state index is 0.0207. The first kappa shape index (κ1) is 17.5. The Morgan fingerprint density at radius 2 is 1.96 bits per heavy atom. The standard InChI is InChI=1S/C21H26N2O2/c1-15-17(14-25-19-10-3-2-4-11-19)8-6-12-20(15)23-21(24)16-7-5-9-18(22)13-16/h2-4,6,8,10-12,16,18H,5,7,9,13-14,22H2,1H3,(H,23,24). The second-order valence-electron chi connectivity index (χ2n) is 6.80. The molecule has 2 unspecified atom stereocenters. The summed E-state index contributed by atoms with van der Waals surface area (Å²) in [6.45, 7) is 2.50. The van der Waals surface area contributed by atoms with Crippen LogP contribution in [0.3, 0.4) is 0 Å². The molecule has 1 fully saturated rings. The van der Waals surface area contributed by atoms with Gasteiger partial charge >= 0.3 is 0 Å². The maximum Gasteiger partial charge on any atom is 0.227 e. The number of rotatable bonds is 5. The Labute approximate surface area is 149 Å². The third-order valence-electron chi connectivity index (χ3n) is 4.93. The van der Waals surface area contributed by atoms with Crippen LogP contribution in [-0.4, -0.2) is 11.9 Å². The van der Waals surface area contributed by atoms with E-state index in [9.17, 15) is 4.79 Å². The molecule has 0 spiro atoms. The highest BCUT2D eigenvalue weighted by Crippen LogP contribution is 2.26. The Hall–Kier alpha value is -2.33. The molecule has 0 heterocycles. The maximum absolute atomic E-state index is 12.6. The number of hydrogen-bond donors (Lipinski definition) is 2. The molecule has 1 amide bonds. The Morgan fingerprint density at radius 3 is 2.72 bits per heavy atom. The van der Waals surface area contributed by atoms with Gasteiger partial charge in [-0.15, -0.1) is 0 Å². The zero-order chi connectivity index (χ0) is 17.6. The highest BCUT2D eigenvalue weighted by atomic mass is 16.5. The smallest absolute Gasteiger partial charge is 0.227 e. The van der Waals surface area contributed by atoms with E-state index >= 15 is 0 Å². The number of nitrogens with one attached hydrogen (secondary N) is 1. The highest BCUT2D eigenvalue weighted by molar-refractivity contribution is 5.93. The van der Waals surface area contributed by atoms with Crippen LogP contribution in [0.25, 0.3) is 0 Å². The first-order valence-electron chi connectivity index (χ1n) is 8.96. The van der Waals surface area contributed by atoms with E-state index in [1.807, 2.05) is 55.5 Å². The minimum Gasteiger partial charge on any atom is -0.489 e. The summed E-state index contributed by atoms with van der Waals surface area (Å²) in [5.41, 5.74) is 8.99. The van der Waals surface area contributed by atoms with Crippen LogP contribution in [0.2, 0.25) is 0 Å². The number of hydrogen-bond acceptors (Lipinski definition) is 3. The van der Waals surface area contributed by atoms with Gasteiger partial charge in [-0.3, -0.25) is 4.79 Å². The molecule has 0 bridgehead atoms. The summed E-state index contributed by atoms with van der Waals surface area (Å²) < 4.78 is 5.83. The number of anilines is 1. The van der Waals surface area contributed by atoms with E-state index in [4.69, 9.17) is 10.5 Å². The minimum absolute atomic E-state index is 0.0207. The number of carbonyl (C=O) groups excluding carboxylic acids is 1. The van der Waals surface area contributed by atoms with Crippen LogP contribution in [0, 0.1) is 12.8 Å². The van der Waals surface area contributed by atoms with Crippen LogP contribution < -0.4 is 15.8 Å². The van der Waals surface area contributed by atoms with Gasteiger partial charge in [0.2, 0.25) is 5.91 Å². The van der Waals surface area contributed by atoms with Crippen molar-refractivity contribution in [2.45, 2.75) is 45.3 Å². The lowest BCUT2D eigenvalue weighted by atomic mass is 9.85. The molecule has 1 aliphatic rings. The van der Waals surface area contributed by atoms with Gasteiger partial charge in [0.25, 0.3) is 0 Å². The summed E-state index contributed by atoms with van der Waals surface area (Å²) >= 11 is 0. The summed E-state index contributed by atoms with van der Waals surface area (Å²) in [7, 11) is 0. The number of para-hydroxylation sites is 1. The molecule has 25 heavy (non-hydrogen) atoms. The molecule has 2 aromatic rings. The Balaban J connectivity index is 1.65. The molecule has 132 valence electrons. The van der Waals surface area contributed by atoms with Crippen LogP contribution >= 0.6 is 0 Å². The summed E-state index contributed by atoms with van der Waals surface area (Å²) in [5.74, 6) is 0.944. The van der Waals surface area contributed by atoms with Gasteiger partial charge in [-0.2, -0.15) is 0 Å². The van der Waals surface area contributed by atoms with Crippen molar-refractivity contribution in [1.82, 2.24) is 0 Å². The average molecular weight is 338 g/mol. The third kappa shape index (κ3) is 4.60. The van der Waals surface area contributed by atoms with Crippen molar-refractivity contribution in [2.75, 3.05) is 5.32 Å². The van der Waals surface area contributed by atoms with Crippen LogP contribution in [0.15, 0.2) is 48.5 Å². The fourth-order valence-electron chi connectivity index (χ4n) is 3.35. The van der Waals surface area contributed by atoms with Crippen molar-refractivity contribution in [3.8, 4) is 5.75 Å². The summed E-state index contributed by atoms with van der Waals surface area (Å²) in [5, 5.41) is 3.09. The van der Waals surface area contributed by atoms with Crippen molar-refractivity contribution in [1.29, 1.82) is 0 Å². The van der Waals surface area contributed by atoms with E-state index in [0.29, 0.717) is 6.61 Å². The zero-order valence-corrected chi connectivity index (χ0v) is 14.7. The second-order valence-corrected chi connectivity index (χ2v) is 6.80.